The molecule has 0 fully saturated rings. The van der Waals surface area contributed by atoms with Crippen molar-refractivity contribution in [2.24, 2.45) is 15.5 Å². The SMILES string of the molecule is [Cl-].[Zn].c1ccc(C2=NN=N[N+]2(c2ccccc2)c2ccccc2)cc1. The molecule has 0 saturated carbocycles. The average molecular weight is 400 g/mol. The fraction of sp³-hybridized carbons (Fsp3) is 0. The molecule has 0 aliphatic carbocycles. The van der Waals surface area contributed by atoms with Crippen LogP contribution in [0.4, 0.5) is 11.4 Å². The summed E-state index contributed by atoms with van der Waals surface area (Å²) in [5.41, 5.74) is 3.01. The number of amidine groups is 1. The zero-order chi connectivity index (χ0) is 15.5. The van der Waals surface area contributed by atoms with Crippen molar-refractivity contribution in [3.63, 3.8) is 0 Å². The van der Waals surface area contributed by atoms with E-state index in [1.165, 1.54) is 0 Å². The van der Waals surface area contributed by atoms with Crippen LogP contribution in [0.25, 0.3) is 0 Å². The molecule has 4 rings (SSSR count). The van der Waals surface area contributed by atoms with Crippen LogP contribution in [0.1, 0.15) is 5.56 Å². The molecule has 6 heteroatoms. The Kier molecular flexibility index (Phi) is 6.32. The Morgan fingerprint density at radius 2 is 1.04 bits per heavy atom. The maximum Gasteiger partial charge on any atom is 0.294 e. The second kappa shape index (κ2) is 8.26. The fourth-order valence-electron chi connectivity index (χ4n) is 2.85. The van der Waals surface area contributed by atoms with Crippen LogP contribution in [-0.2, 0) is 19.5 Å². The third-order valence-corrected chi connectivity index (χ3v) is 3.91. The van der Waals surface area contributed by atoms with Gasteiger partial charge in [-0.3, -0.25) is 0 Å². The number of halogens is 1. The summed E-state index contributed by atoms with van der Waals surface area (Å²) in [6.45, 7) is 0. The van der Waals surface area contributed by atoms with Crippen LogP contribution in [0.3, 0.4) is 0 Å². The summed E-state index contributed by atoms with van der Waals surface area (Å²) in [5.74, 6) is 0.794. The Morgan fingerprint density at radius 3 is 1.52 bits per heavy atom. The fourth-order valence-corrected chi connectivity index (χ4v) is 2.85. The van der Waals surface area contributed by atoms with Crippen molar-refractivity contribution in [2.45, 2.75) is 0 Å². The summed E-state index contributed by atoms with van der Waals surface area (Å²) in [6, 6.07) is 30.3. The summed E-state index contributed by atoms with van der Waals surface area (Å²) >= 11 is 0. The maximum absolute atomic E-state index is 4.52. The van der Waals surface area contributed by atoms with Crippen LogP contribution in [0, 0.1) is 0 Å². The molecule has 0 atom stereocenters. The monoisotopic (exact) mass is 398 g/mol. The Morgan fingerprint density at radius 1 is 0.600 bits per heavy atom. The Balaban J connectivity index is 0.00000113. The number of quaternary nitrogens is 1. The molecule has 25 heavy (non-hydrogen) atoms. The molecule has 0 unspecified atom stereocenters. The molecule has 3 aromatic carbocycles. The first kappa shape index (κ1) is 19.1. The van der Waals surface area contributed by atoms with Gasteiger partial charge in [-0.05, 0) is 12.1 Å². The number of benzene rings is 3. The molecule has 1 aliphatic rings. The van der Waals surface area contributed by atoms with Crippen LogP contribution >= 0.6 is 0 Å². The van der Waals surface area contributed by atoms with Gasteiger partial charge >= 0.3 is 0 Å². The van der Waals surface area contributed by atoms with E-state index in [0.29, 0.717) is 0 Å². The number of rotatable bonds is 3. The Hall–Kier alpha value is -2.20. The van der Waals surface area contributed by atoms with Crippen molar-refractivity contribution in [1.29, 1.82) is 0 Å². The normalized spacial score (nSPS) is 14.2. The van der Waals surface area contributed by atoms with E-state index < -0.39 is 0 Å². The second-order valence-electron chi connectivity index (χ2n) is 5.28. The summed E-state index contributed by atoms with van der Waals surface area (Å²) < 4.78 is 0.145. The quantitative estimate of drug-likeness (QED) is 0.477. The summed E-state index contributed by atoms with van der Waals surface area (Å²) in [7, 11) is 0. The molecule has 0 N–H and O–H groups in total. The van der Waals surface area contributed by atoms with E-state index in [4.69, 9.17) is 0 Å². The van der Waals surface area contributed by atoms with Crippen LogP contribution in [0.5, 0.6) is 0 Å². The van der Waals surface area contributed by atoms with Crippen molar-refractivity contribution in [1.82, 2.24) is 4.59 Å². The van der Waals surface area contributed by atoms with Crippen LogP contribution in [0.15, 0.2) is 107 Å². The van der Waals surface area contributed by atoms with Gasteiger partial charge in [-0.2, -0.15) is 0 Å². The largest absolute Gasteiger partial charge is 1.00 e. The molecule has 0 aromatic heterocycles. The molecule has 4 nitrogen and oxygen atoms in total. The topological polar surface area (TPSA) is 37.1 Å². The average Bonchev–Trinajstić information content (AvgIpc) is 3.10. The van der Waals surface area contributed by atoms with E-state index in [0.717, 1.165) is 22.8 Å². The predicted octanol–water partition coefficient (Wildman–Crippen LogP) is 2.07. The van der Waals surface area contributed by atoms with Gasteiger partial charge in [0.05, 0.1) is 10.8 Å². The number of hydrogen-bond donors (Lipinski definition) is 0. The van der Waals surface area contributed by atoms with Crippen molar-refractivity contribution in [2.75, 3.05) is 0 Å². The number of hydrogen-bond acceptors (Lipinski definition) is 3. The molecule has 0 spiro atoms. The van der Waals surface area contributed by atoms with Crippen LogP contribution in [-0.4, -0.2) is 5.84 Å². The van der Waals surface area contributed by atoms with Crippen LogP contribution in [0.2, 0.25) is 0 Å². The van der Waals surface area contributed by atoms with E-state index in [9.17, 15) is 0 Å². The minimum atomic E-state index is 0. The molecule has 0 amide bonds. The van der Waals surface area contributed by atoms with Gasteiger partial charge in [0.15, 0.2) is 11.4 Å². The minimum Gasteiger partial charge on any atom is -1.00 e. The molecule has 1 heterocycles. The molecule has 0 bridgehead atoms. The van der Waals surface area contributed by atoms with Crippen molar-refractivity contribution in [3.8, 4) is 0 Å². The molecule has 0 radical (unpaired) electrons. The van der Waals surface area contributed by atoms with E-state index in [2.05, 4.69) is 39.8 Å². The van der Waals surface area contributed by atoms with Gasteiger partial charge in [0.1, 0.15) is 0 Å². The summed E-state index contributed by atoms with van der Waals surface area (Å²) in [4.78, 5) is 0. The zero-order valence-electron chi connectivity index (χ0n) is 13.5. The molecule has 120 valence electrons. The first-order valence-corrected chi connectivity index (χ1v) is 7.48. The molecule has 3 aromatic rings. The van der Waals surface area contributed by atoms with E-state index in [-0.39, 0.29) is 36.5 Å². The third-order valence-electron chi connectivity index (χ3n) is 3.91. The van der Waals surface area contributed by atoms with Gasteiger partial charge in [-0.15, -0.1) is 0 Å². The molecular weight excluding hydrogens is 385 g/mol. The number of nitrogens with zero attached hydrogens (tertiary/aromatic N) is 4. The standard InChI is InChI=1S/C19H15N4.ClH.Zn/c1-4-10-16(11-5-1)19-20-21-22-23(19,17-12-6-2-7-13-17)18-14-8-3-9-15-18;;/h1-15H;1H;/q+1;;/p-1. The Labute approximate surface area is 165 Å². The Bertz CT molecular complexity index is 828. The number of para-hydroxylation sites is 2. The predicted molar refractivity (Wildman–Crippen MR) is 92.2 cm³/mol. The van der Waals surface area contributed by atoms with Crippen LogP contribution < -0.4 is 17.0 Å². The van der Waals surface area contributed by atoms with Crippen molar-refractivity contribution >= 4 is 17.2 Å². The molecule has 0 saturated heterocycles. The van der Waals surface area contributed by atoms with Gasteiger partial charge in [0.2, 0.25) is 0 Å². The second-order valence-corrected chi connectivity index (χ2v) is 5.28. The van der Waals surface area contributed by atoms with Gasteiger partial charge in [-0.1, -0.05) is 64.3 Å². The first-order valence-electron chi connectivity index (χ1n) is 7.48. The van der Waals surface area contributed by atoms with Gasteiger partial charge < -0.3 is 12.4 Å². The van der Waals surface area contributed by atoms with Crippen molar-refractivity contribution in [3.05, 3.63) is 96.6 Å². The van der Waals surface area contributed by atoms with E-state index in [1.54, 1.807) is 0 Å². The van der Waals surface area contributed by atoms with Gasteiger partial charge in [0.25, 0.3) is 5.84 Å². The summed E-state index contributed by atoms with van der Waals surface area (Å²) in [5, 5.41) is 12.9. The van der Waals surface area contributed by atoms with E-state index in [1.807, 2.05) is 66.7 Å². The third kappa shape index (κ3) is 3.31. The molecular formula is C19H15ClN4Zn. The van der Waals surface area contributed by atoms with Gasteiger partial charge in [-0.25, -0.2) is 0 Å². The van der Waals surface area contributed by atoms with Crippen molar-refractivity contribution < 1.29 is 31.9 Å². The van der Waals surface area contributed by atoms with E-state index >= 15 is 0 Å². The first-order chi connectivity index (χ1) is 11.4. The smallest absolute Gasteiger partial charge is 0.294 e. The summed E-state index contributed by atoms with van der Waals surface area (Å²) in [6.07, 6.45) is 0. The zero-order valence-corrected chi connectivity index (χ0v) is 17.3. The minimum absolute atomic E-state index is 0. The van der Waals surface area contributed by atoms with Gasteiger partial charge in [0, 0.05) is 49.0 Å². The molecule has 1 aliphatic heterocycles. The maximum atomic E-state index is 4.52.